The van der Waals surface area contributed by atoms with Crippen molar-refractivity contribution >= 4 is 23.4 Å². The lowest BCUT2D eigenvalue weighted by Crippen LogP contribution is -2.54. The van der Waals surface area contributed by atoms with E-state index in [-0.39, 0.29) is 24.6 Å². The van der Waals surface area contributed by atoms with Crippen LogP contribution in [0, 0.1) is 11.7 Å². The van der Waals surface area contributed by atoms with Gasteiger partial charge in [-0.2, -0.15) is 0 Å². The summed E-state index contributed by atoms with van der Waals surface area (Å²) in [6.45, 7) is -0.0923. The zero-order chi connectivity index (χ0) is 20.1. The average Bonchev–Trinajstić information content (AvgIpc) is 3.39. The lowest BCUT2D eigenvalue weighted by molar-refractivity contribution is -0.140. The van der Waals surface area contributed by atoms with Crippen LogP contribution in [0.3, 0.4) is 0 Å². The number of primary amides is 1. The summed E-state index contributed by atoms with van der Waals surface area (Å²) >= 11 is 0. The fraction of sp³-hybridized carbons (Fsp3) is 0.526. The van der Waals surface area contributed by atoms with Crippen molar-refractivity contribution in [2.75, 3.05) is 18.9 Å². The number of amides is 3. The summed E-state index contributed by atoms with van der Waals surface area (Å²) in [5, 5.41) is 5.64. The van der Waals surface area contributed by atoms with Gasteiger partial charge in [0.25, 0.3) is 5.91 Å². The summed E-state index contributed by atoms with van der Waals surface area (Å²) in [6.07, 6.45) is 2.82. The quantitative estimate of drug-likeness (QED) is 0.672. The molecule has 0 aromatic heterocycles. The first-order chi connectivity index (χ1) is 13.3. The minimum atomic E-state index is -1.43. The highest BCUT2D eigenvalue weighted by Gasteiger charge is 2.57. The molecule has 2 fully saturated rings. The number of carbonyl (C=O) groups is 3. The zero-order valence-corrected chi connectivity index (χ0v) is 15.5. The number of anilines is 1. The van der Waals surface area contributed by atoms with Crippen molar-refractivity contribution in [2.24, 2.45) is 11.7 Å². The molecule has 2 aliphatic heterocycles. The third-order valence-corrected chi connectivity index (χ3v) is 5.76. The van der Waals surface area contributed by atoms with E-state index in [0.29, 0.717) is 18.1 Å². The molecule has 0 bridgehead atoms. The van der Waals surface area contributed by atoms with Gasteiger partial charge in [0.1, 0.15) is 17.6 Å². The Morgan fingerprint density at radius 1 is 1.46 bits per heavy atom. The summed E-state index contributed by atoms with van der Waals surface area (Å²) in [7, 11) is 1.70. The molecule has 3 aliphatic rings. The van der Waals surface area contributed by atoms with Crippen LogP contribution in [0.1, 0.15) is 25.7 Å². The van der Waals surface area contributed by atoms with E-state index in [1.54, 1.807) is 7.05 Å². The van der Waals surface area contributed by atoms with Crippen molar-refractivity contribution in [3.63, 3.8) is 0 Å². The monoisotopic (exact) mass is 390 g/mol. The molecule has 8 nitrogen and oxygen atoms in total. The van der Waals surface area contributed by atoms with Gasteiger partial charge in [0, 0.05) is 12.5 Å². The molecule has 1 unspecified atom stereocenters. The highest BCUT2D eigenvalue weighted by molar-refractivity contribution is 6.03. The van der Waals surface area contributed by atoms with Crippen LogP contribution in [-0.4, -0.2) is 53.9 Å². The second-order valence-corrected chi connectivity index (χ2v) is 7.80. The van der Waals surface area contributed by atoms with Crippen LogP contribution in [0.25, 0.3) is 0 Å². The van der Waals surface area contributed by atoms with Gasteiger partial charge in [0.15, 0.2) is 0 Å². The smallest absolute Gasteiger partial charge is 0.270 e. The van der Waals surface area contributed by atoms with E-state index in [1.807, 2.05) is 0 Å². The van der Waals surface area contributed by atoms with Crippen molar-refractivity contribution in [3.05, 3.63) is 24.0 Å². The number of ether oxygens (including phenoxy) is 1. The molecule has 2 heterocycles. The molecule has 4 N–H and O–H groups in total. The number of halogens is 1. The molecular weight excluding hydrogens is 367 g/mol. The number of hydrogen-bond donors (Lipinski definition) is 3. The van der Waals surface area contributed by atoms with Gasteiger partial charge in [-0.25, -0.2) is 4.39 Å². The molecule has 1 aromatic carbocycles. The number of benzene rings is 1. The Hall–Kier alpha value is -2.68. The van der Waals surface area contributed by atoms with Crippen molar-refractivity contribution in [2.45, 2.75) is 43.4 Å². The Balaban J connectivity index is 1.61. The van der Waals surface area contributed by atoms with E-state index in [9.17, 15) is 18.8 Å². The topological polar surface area (TPSA) is 114 Å². The van der Waals surface area contributed by atoms with Gasteiger partial charge in [0.2, 0.25) is 17.4 Å². The average molecular weight is 390 g/mol. The predicted octanol–water partition coefficient (Wildman–Crippen LogP) is 0.370. The fourth-order valence-electron chi connectivity index (χ4n) is 4.01. The Bertz CT molecular complexity index is 843. The molecule has 9 heteroatoms. The molecule has 4 rings (SSSR count). The number of nitrogens with two attached hydrogens (primary N) is 1. The van der Waals surface area contributed by atoms with Gasteiger partial charge in [-0.3, -0.25) is 14.4 Å². The lowest BCUT2D eigenvalue weighted by atomic mass is 9.96. The molecule has 3 atom stereocenters. The second-order valence-electron chi connectivity index (χ2n) is 7.80. The maximum atomic E-state index is 13.4. The minimum absolute atomic E-state index is 0.0451. The number of nitrogens with one attached hydrogen (secondary N) is 2. The van der Waals surface area contributed by atoms with Gasteiger partial charge < -0.3 is 26.0 Å². The summed E-state index contributed by atoms with van der Waals surface area (Å²) in [5.74, 6) is -1.18. The van der Waals surface area contributed by atoms with Crippen LogP contribution in [0.2, 0.25) is 0 Å². The van der Waals surface area contributed by atoms with Crippen LogP contribution in [-0.2, 0) is 14.4 Å². The predicted molar refractivity (Wildman–Crippen MR) is 97.9 cm³/mol. The van der Waals surface area contributed by atoms with Gasteiger partial charge in [-0.1, -0.05) is 12.8 Å². The molecule has 150 valence electrons. The normalized spacial score (nSPS) is 27.1. The summed E-state index contributed by atoms with van der Waals surface area (Å²) in [5.41, 5.74) is 4.33. The van der Waals surface area contributed by atoms with Crippen molar-refractivity contribution in [1.29, 1.82) is 0 Å². The molecule has 1 spiro atoms. The van der Waals surface area contributed by atoms with Crippen molar-refractivity contribution < 1.29 is 23.5 Å². The van der Waals surface area contributed by atoms with Crippen LogP contribution >= 0.6 is 0 Å². The first-order valence-electron chi connectivity index (χ1n) is 9.40. The van der Waals surface area contributed by atoms with Gasteiger partial charge in [-0.15, -0.1) is 0 Å². The Labute approximate surface area is 161 Å². The van der Waals surface area contributed by atoms with Crippen LogP contribution in [0.15, 0.2) is 18.2 Å². The third-order valence-electron chi connectivity index (χ3n) is 5.76. The molecule has 1 saturated carbocycles. The summed E-state index contributed by atoms with van der Waals surface area (Å²) < 4.78 is 19.3. The van der Waals surface area contributed by atoms with Crippen LogP contribution < -0.4 is 21.1 Å². The Morgan fingerprint density at radius 3 is 2.86 bits per heavy atom. The van der Waals surface area contributed by atoms with Gasteiger partial charge in [0.05, 0.1) is 18.3 Å². The maximum absolute atomic E-state index is 13.4. The van der Waals surface area contributed by atoms with E-state index in [4.69, 9.17) is 10.5 Å². The van der Waals surface area contributed by atoms with Gasteiger partial charge in [-0.05, 0) is 31.5 Å². The fourth-order valence-corrected chi connectivity index (χ4v) is 4.01. The molecule has 1 aromatic rings. The number of carbonyl (C=O) groups excluding carboxylic acids is 3. The highest BCUT2D eigenvalue weighted by atomic mass is 19.1. The Kier molecular flexibility index (Phi) is 4.49. The van der Waals surface area contributed by atoms with Crippen LogP contribution in [0.4, 0.5) is 10.1 Å². The van der Waals surface area contributed by atoms with Crippen molar-refractivity contribution in [1.82, 2.24) is 10.2 Å². The molecular formula is C19H23FN4O4. The van der Waals surface area contributed by atoms with E-state index >= 15 is 0 Å². The Morgan fingerprint density at radius 2 is 2.21 bits per heavy atom. The molecule has 0 radical (unpaired) electrons. The summed E-state index contributed by atoms with van der Waals surface area (Å²) in [6, 6.07) is 2.41. The molecule has 1 saturated heterocycles. The largest absolute Gasteiger partial charge is 0.473 e. The first-order valence-corrected chi connectivity index (χ1v) is 9.40. The number of fused-ring (bicyclic) bond motifs is 1. The highest BCUT2D eigenvalue weighted by Crippen LogP contribution is 2.41. The molecule has 3 amide bonds. The minimum Gasteiger partial charge on any atom is -0.473 e. The first kappa shape index (κ1) is 18.7. The SMILES string of the molecule is CNC(CC1CC1)C(=O)N1C[C@@]2(C[C@H]1C(N)=O)Oc1ccc(F)cc1NC2=O. The van der Waals surface area contributed by atoms with Crippen molar-refractivity contribution in [3.8, 4) is 5.75 Å². The van der Waals surface area contributed by atoms with E-state index in [2.05, 4.69) is 10.6 Å². The second kappa shape index (κ2) is 6.73. The number of likely N-dealkylation sites (tertiary alicyclic amines) is 1. The van der Waals surface area contributed by atoms with E-state index in [0.717, 1.165) is 18.9 Å². The summed E-state index contributed by atoms with van der Waals surface area (Å²) in [4.78, 5) is 39.3. The number of nitrogens with zero attached hydrogens (tertiary/aromatic N) is 1. The number of rotatable bonds is 5. The number of likely N-dealkylation sites (N-methyl/N-ethyl adjacent to an activating group) is 1. The maximum Gasteiger partial charge on any atom is 0.270 e. The molecule has 1 aliphatic carbocycles. The molecule has 28 heavy (non-hydrogen) atoms. The third kappa shape index (κ3) is 3.19. The zero-order valence-electron chi connectivity index (χ0n) is 15.5. The number of hydrogen-bond acceptors (Lipinski definition) is 5. The van der Waals surface area contributed by atoms with Gasteiger partial charge >= 0.3 is 0 Å². The van der Waals surface area contributed by atoms with E-state index < -0.39 is 35.3 Å². The van der Waals surface area contributed by atoms with Crippen LogP contribution in [0.5, 0.6) is 5.75 Å². The van der Waals surface area contributed by atoms with E-state index in [1.165, 1.54) is 17.0 Å². The lowest BCUT2D eigenvalue weighted by Gasteiger charge is -2.34. The standard InChI is InChI=1S/C19H23FN4O4/c1-22-13(6-10-2-3-10)17(26)24-9-19(8-14(24)16(21)25)18(27)23-12-7-11(20)4-5-15(12)28-19/h4-5,7,10,13-14,22H,2-3,6,8-9H2,1H3,(H2,21,25)(H,23,27)/t13?,14-,19+/m0/s1.